The Labute approximate surface area is 83.1 Å². The normalized spacial score (nSPS) is 10.5. The highest BCUT2D eigenvalue weighted by Gasteiger charge is 2.05. The molecule has 0 aromatic rings. The zero-order valence-electron chi connectivity index (χ0n) is 8.13. The van der Waals surface area contributed by atoms with Crippen molar-refractivity contribution in [3.8, 4) is 0 Å². The number of nitrogens with one attached hydrogen (secondary N) is 1. The van der Waals surface area contributed by atoms with Crippen molar-refractivity contribution >= 4 is 23.6 Å². The molecule has 0 unspecified atom stereocenters. The summed E-state index contributed by atoms with van der Waals surface area (Å²) in [6.45, 7) is 7.30. The minimum Gasteiger partial charge on any atom is -0.291 e. The third kappa shape index (κ3) is 5.25. The van der Waals surface area contributed by atoms with Crippen LogP contribution in [0.25, 0.3) is 0 Å². The van der Waals surface area contributed by atoms with Crippen LogP contribution in [-0.2, 0) is 4.79 Å². The van der Waals surface area contributed by atoms with Crippen LogP contribution in [0, 0.1) is 0 Å². The van der Waals surface area contributed by atoms with Gasteiger partial charge in [0.1, 0.15) is 5.71 Å². The molecule has 0 aromatic heterocycles. The van der Waals surface area contributed by atoms with Crippen molar-refractivity contribution < 1.29 is 4.79 Å². The van der Waals surface area contributed by atoms with Gasteiger partial charge in [-0.05, 0) is 37.3 Å². The molecule has 0 spiro atoms. The highest BCUT2D eigenvalue weighted by Crippen LogP contribution is 1.96. The van der Waals surface area contributed by atoms with Crippen LogP contribution in [0.15, 0.2) is 28.6 Å². The summed E-state index contributed by atoms with van der Waals surface area (Å²) in [6, 6.07) is 0. The Bertz CT molecular complexity index is 252. The van der Waals surface area contributed by atoms with Crippen LogP contribution in [-0.4, -0.2) is 18.7 Å². The van der Waals surface area contributed by atoms with Crippen molar-refractivity contribution in [1.82, 2.24) is 4.72 Å². The average molecular weight is 198 g/mol. The molecule has 0 atom stereocenters. The van der Waals surface area contributed by atoms with E-state index < -0.39 is 0 Å². The molecule has 0 fully saturated rings. The molecule has 13 heavy (non-hydrogen) atoms. The molecule has 0 radical (unpaired) electrons. The van der Waals surface area contributed by atoms with E-state index in [1.165, 1.54) is 0 Å². The van der Waals surface area contributed by atoms with Crippen LogP contribution in [0.1, 0.15) is 13.8 Å². The largest absolute Gasteiger partial charge is 0.291 e. The topological polar surface area (TPSA) is 41.5 Å². The van der Waals surface area contributed by atoms with Crippen molar-refractivity contribution in [2.24, 2.45) is 4.99 Å². The summed E-state index contributed by atoms with van der Waals surface area (Å²) >= 11 is 1.14. The highest BCUT2D eigenvalue weighted by atomic mass is 32.2. The van der Waals surface area contributed by atoms with Gasteiger partial charge in [-0.15, -0.1) is 0 Å². The summed E-state index contributed by atoms with van der Waals surface area (Å²) in [5.41, 5.74) is 1.47. The quantitative estimate of drug-likeness (QED) is 0.554. The number of hydrogen-bond acceptors (Lipinski definition) is 3. The van der Waals surface area contributed by atoms with Crippen molar-refractivity contribution in [2.45, 2.75) is 13.8 Å². The standard InChI is InChI=1S/C9H14N2OS/c1-5-13-11-9(12)8(10-4)6-7(2)3/h5-6H,1H2,2-4H3,(H,11,12). The van der Waals surface area contributed by atoms with Crippen molar-refractivity contribution in [3.63, 3.8) is 0 Å². The predicted molar refractivity (Wildman–Crippen MR) is 58.7 cm³/mol. The molecule has 0 aliphatic carbocycles. The maximum Gasteiger partial charge on any atom is 0.279 e. The summed E-state index contributed by atoms with van der Waals surface area (Å²) in [5.74, 6) is -0.200. The first-order valence-corrected chi connectivity index (χ1v) is 4.68. The number of carbonyl (C=O) groups excluding carboxylic acids is 1. The molecule has 0 aliphatic rings. The Morgan fingerprint density at radius 3 is 2.54 bits per heavy atom. The summed E-state index contributed by atoms with van der Waals surface area (Å²) < 4.78 is 2.57. The van der Waals surface area contributed by atoms with E-state index in [9.17, 15) is 4.79 Å². The lowest BCUT2D eigenvalue weighted by Crippen LogP contribution is -2.24. The Kier molecular flexibility index (Phi) is 5.97. The Morgan fingerprint density at radius 2 is 2.15 bits per heavy atom. The predicted octanol–water partition coefficient (Wildman–Crippen LogP) is 1.93. The zero-order chi connectivity index (χ0) is 10.3. The number of allylic oxidation sites excluding steroid dienone is 1. The first kappa shape index (κ1) is 12.0. The van der Waals surface area contributed by atoms with Crippen LogP contribution in [0.5, 0.6) is 0 Å². The first-order chi connectivity index (χ1) is 6.11. The number of amides is 1. The molecule has 0 aromatic carbocycles. The minimum atomic E-state index is -0.200. The van der Waals surface area contributed by atoms with E-state index in [2.05, 4.69) is 16.3 Å². The lowest BCUT2D eigenvalue weighted by molar-refractivity contribution is -0.113. The summed E-state index contributed by atoms with van der Waals surface area (Å²) in [4.78, 5) is 15.2. The Morgan fingerprint density at radius 1 is 1.54 bits per heavy atom. The molecule has 0 aliphatic heterocycles. The van der Waals surface area contributed by atoms with Crippen LogP contribution < -0.4 is 4.72 Å². The van der Waals surface area contributed by atoms with Crippen LogP contribution in [0.3, 0.4) is 0 Å². The minimum absolute atomic E-state index is 0.200. The SMILES string of the molecule is C=CSNC(=O)C(C=C(C)C)=NC. The van der Waals surface area contributed by atoms with E-state index in [0.717, 1.165) is 17.5 Å². The number of nitrogens with zero attached hydrogens (tertiary/aromatic N) is 1. The van der Waals surface area contributed by atoms with Crippen LogP contribution >= 0.6 is 11.9 Å². The maximum atomic E-state index is 11.3. The van der Waals surface area contributed by atoms with Gasteiger partial charge in [0.15, 0.2) is 0 Å². The average Bonchev–Trinajstić information content (AvgIpc) is 2.09. The van der Waals surface area contributed by atoms with Crippen LogP contribution in [0.2, 0.25) is 0 Å². The van der Waals surface area contributed by atoms with Crippen molar-refractivity contribution in [2.75, 3.05) is 7.05 Å². The smallest absolute Gasteiger partial charge is 0.279 e. The molecule has 3 nitrogen and oxygen atoms in total. The molecule has 0 heterocycles. The van der Waals surface area contributed by atoms with Gasteiger partial charge in [0.25, 0.3) is 5.91 Å². The fourth-order valence-electron chi connectivity index (χ4n) is 0.653. The summed E-state index contributed by atoms with van der Waals surface area (Å²) in [6.07, 6.45) is 1.74. The lowest BCUT2D eigenvalue weighted by Gasteiger charge is -2.00. The highest BCUT2D eigenvalue weighted by molar-refractivity contribution is 8.00. The van der Waals surface area contributed by atoms with E-state index in [1.807, 2.05) is 13.8 Å². The van der Waals surface area contributed by atoms with Gasteiger partial charge in [-0.1, -0.05) is 12.2 Å². The van der Waals surface area contributed by atoms with Gasteiger partial charge in [-0.3, -0.25) is 14.5 Å². The molecule has 1 amide bonds. The third-order valence-corrected chi connectivity index (χ3v) is 1.60. The molecule has 4 heteroatoms. The fraction of sp³-hybridized carbons (Fsp3) is 0.333. The van der Waals surface area contributed by atoms with E-state index in [1.54, 1.807) is 18.5 Å². The van der Waals surface area contributed by atoms with E-state index in [4.69, 9.17) is 0 Å². The van der Waals surface area contributed by atoms with Gasteiger partial charge >= 0.3 is 0 Å². The number of rotatable bonds is 4. The van der Waals surface area contributed by atoms with Gasteiger partial charge in [0.05, 0.1) is 0 Å². The Balaban J connectivity index is 4.35. The summed E-state index contributed by atoms with van der Waals surface area (Å²) in [7, 11) is 1.59. The molecular weight excluding hydrogens is 184 g/mol. The summed E-state index contributed by atoms with van der Waals surface area (Å²) in [5, 5.41) is 1.55. The molecule has 1 N–H and O–H groups in total. The monoisotopic (exact) mass is 198 g/mol. The fourth-order valence-corrected chi connectivity index (χ4v) is 0.947. The maximum absolute atomic E-state index is 11.3. The number of aliphatic imine (C=N–C) groups is 1. The van der Waals surface area contributed by atoms with Crippen LogP contribution in [0.4, 0.5) is 0 Å². The molecular formula is C9H14N2OS. The molecule has 0 saturated carbocycles. The second-order valence-corrected chi connectivity index (χ2v) is 3.32. The molecule has 0 rings (SSSR count). The first-order valence-electron chi connectivity index (χ1n) is 3.80. The van der Waals surface area contributed by atoms with Gasteiger partial charge in [0.2, 0.25) is 0 Å². The van der Waals surface area contributed by atoms with Crippen molar-refractivity contribution in [3.05, 3.63) is 23.6 Å². The van der Waals surface area contributed by atoms with Gasteiger partial charge in [-0.2, -0.15) is 0 Å². The van der Waals surface area contributed by atoms with E-state index >= 15 is 0 Å². The van der Waals surface area contributed by atoms with E-state index in [0.29, 0.717) is 5.71 Å². The Hall–Kier alpha value is -1.03. The van der Waals surface area contributed by atoms with Gasteiger partial charge < -0.3 is 0 Å². The molecule has 72 valence electrons. The molecule has 0 bridgehead atoms. The van der Waals surface area contributed by atoms with Crippen molar-refractivity contribution in [1.29, 1.82) is 0 Å². The lowest BCUT2D eigenvalue weighted by atomic mass is 10.2. The zero-order valence-corrected chi connectivity index (χ0v) is 8.94. The number of carbonyl (C=O) groups is 1. The van der Waals surface area contributed by atoms with Gasteiger partial charge in [0, 0.05) is 7.05 Å². The molecule has 0 saturated heterocycles. The van der Waals surface area contributed by atoms with Gasteiger partial charge in [-0.25, -0.2) is 0 Å². The second kappa shape index (κ2) is 6.48. The van der Waals surface area contributed by atoms with E-state index in [-0.39, 0.29) is 5.91 Å². The number of hydrogen-bond donors (Lipinski definition) is 1. The second-order valence-electron chi connectivity index (χ2n) is 2.55. The third-order valence-electron chi connectivity index (χ3n) is 1.13.